The average Bonchev–Trinajstić information content (AvgIpc) is 2.16. The number of hydrogen-bond acceptors (Lipinski definition) is 1. The lowest BCUT2D eigenvalue weighted by molar-refractivity contribution is 0.451. The van der Waals surface area contributed by atoms with Gasteiger partial charge in [0.25, 0.3) is 0 Å². The highest BCUT2D eigenvalue weighted by Gasteiger charge is 2.20. The van der Waals surface area contributed by atoms with E-state index in [-0.39, 0.29) is 0 Å². The van der Waals surface area contributed by atoms with Crippen molar-refractivity contribution in [3.05, 3.63) is 48.0 Å². The number of nitrogens with one attached hydrogen (secondary N) is 1. The van der Waals surface area contributed by atoms with Gasteiger partial charge in [-0.2, -0.15) is 0 Å². The van der Waals surface area contributed by atoms with Gasteiger partial charge in [-0.3, -0.25) is 0 Å². The number of benzene rings is 2. The lowest BCUT2D eigenvalue weighted by atomic mass is 9.89. The van der Waals surface area contributed by atoms with E-state index in [1.165, 1.54) is 16.3 Å². The standard InChI is InChI=1S/C13H13N/c1-2-6-12-10(4-1)5-3-7-13(12)11-8-14-9-11/h1-7,11,14H,8-9H2. The van der Waals surface area contributed by atoms with Crippen LogP contribution in [0.1, 0.15) is 11.5 Å². The summed E-state index contributed by atoms with van der Waals surface area (Å²) in [5.41, 5.74) is 1.50. The fourth-order valence-electron chi connectivity index (χ4n) is 2.12. The maximum Gasteiger partial charge on any atom is 0.00947 e. The summed E-state index contributed by atoms with van der Waals surface area (Å²) in [5.74, 6) is 0.723. The molecule has 0 amide bonds. The lowest BCUT2D eigenvalue weighted by Gasteiger charge is -2.28. The van der Waals surface area contributed by atoms with Gasteiger partial charge in [0.1, 0.15) is 0 Å². The summed E-state index contributed by atoms with van der Waals surface area (Å²) in [7, 11) is 0. The van der Waals surface area contributed by atoms with Crippen molar-refractivity contribution in [3.63, 3.8) is 0 Å². The average molecular weight is 183 g/mol. The summed E-state index contributed by atoms with van der Waals surface area (Å²) in [6, 6.07) is 15.2. The highest BCUT2D eigenvalue weighted by molar-refractivity contribution is 5.86. The quantitative estimate of drug-likeness (QED) is 0.716. The molecule has 1 aliphatic rings. The maximum absolute atomic E-state index is 3.32. The molecule has 3 rings (SSSR count). The van der Waals surface area contributed by atoms with Crippen molar-refractivity contribution in [3.8, 4) is 0 Å². The van der Waals surface area contributed by atoms with Crippen molar-refractivity contribution in [1.29, 1.82) is 0 Å². The molecule has 1 fully saturated rings. The maximum atomic E-state index is 3.32. The van der Waals surface area contributed by atoms with Crippen LogP contribution in [0.15, 0.2) is 42.5 Å². The Balaban J connectivity index is 2.22. The molecule has 0 aliphatic carbocycles. The van der Waals surface area contributed by atoms with Gasteiger partial charge < -0.3 is 5.32 Å². The van der Waals surface area contributed by atoms with Crippen molar-refractivity contribution in [1.82, 2.24) is 5.32 Å². The second kappa shape index (κ2) is 3.10. The van der Waals surface area contributed by atoms with E-state index in [0.29, 0.717) is 0 Å². The zero-order valence-corrected chi connectivity index (χ0v) is 8.03. The topological polar surface area (TPSA) is 12.0 Å². The minimum Gasteiger partial charge on any atom is -0.315 e. The predicted octanol–water partition coefficient (Wildman–Crippen LogP) is 2.53. The Morgan fingerprint density at radius 3 is 2.50 bits per heavy atom. The third-order valence-electron chi connectivity index (χ3n) is 3.04. The fourth-order valence-corrected chi connectivity index (χ4v) is 2.12. The molecule has 70 valence electrons. The molecular formula is C13H13N. The number of rotatable bonds is 1. The zero-order valence-electron chi connectivity index (χ0n) is 8.03. The Labute approximate surface area is 83.8 Å². The van der Waals surface area contributed by atoms with Crippen LogP contribution in [0.25, 0.3) is 10.8 Å². The predicted molar refractivity (Wildman–Crippen MR) is 59.6 cm³/mol. The van der Waals surface area contributed by atoms with Gasteiger partial charge in [-0.05, 0) is 16.3 Å². The molecule has 0 unspecified atom stereocenters. The van der Waals surface area contributed by atoms with Crippen LogP contribution in [0.4, 0.5) is 0 Å². The van der Waals surface area contributed by atoms with E-state index < -0.39 is 0 Å². The smallest absolute Gasteiger partial charge is 0.00947 e. The van der Waals surface area contributed by atoms with Gasteiger partial charge in [0.05, 0.1) is 0 Å². The van der Waals surface area contributed by atoms with E-state index in [1.54, 1.807) is 0 Å². The Kier molecular flexibility index (Phi) is 1.78. The minimum absolute atomic E-state index is 0.723. The second-order valence-electron chi connectivity index (χ2n) is 3.92. The molecule has 0 aromatic heterocycles. The molecule has 0 atom stereocenters. The van der Waals surface area contributed by atoms with Crippen molar-refractivity contribution in [2.45, 2.75) is 5.92 Å². The minimum atomic E-state index is 0.723. The third kappa shape index (κ3) is 1.13. The first kappa shape index (κ1) is 8.01. The summed E-state index contributed by atoms with van der Waals surface area (Å²) in [6.07, 6.45) is 0. The van der Waals surface area contributed by atoms with Crippen LogP contribution >= 0.6 is 0 Å². The van der Waals surface area contributed by atoms with E-state index in [0.717, 1.165) is 19.0 Å². The lowest BCUT2D eigenvalue weighted by Crippen LogP contribution is -2.39. The van der Waals surface area contributed by atoms with Crippen LogP contribution in [0.5, 0.6) is 0 Å². The molecule has 14 heavy (non-hydrogen) atoms. The summed E-state index contributed by atoms with van der Waals surface area (Å²) in [4.78, 5) is 0. The molecule has 0 radical (unpaired) electrons. The van der Waals surface area contributed by atoms with E-state index in [2.05, 4.69) is 47.8 Å². The van der Waals surface area contributed by atoms with E-state index >= 15 is 0 Å². The van der Waals surface area contributed by atoms with Gasteiger partial charge in [-0.25, -0.2) is 0 Å². The summed E-state index contributed by atoms with van der Waals surface area (Å²) in [5, 5.41) is 6.10. The first-order valence-corrected chi connectivity index (χ1v) is 5.13. The van der Waals surface area contributed by atoms with Crippen LogP contribution < -0.4 is 5.32 Å². The third-order valence-corrected chi connectivity index (χ3v) is 3.04. The Bertz CT molecular complexity index is 452. The highest BCUT2D eigenvalue weighted by Crippen LogP contribution is 2.27. The summed E-state index contributed by atoms with van der Waals surface area (Å²) >= 11 is 0. The summed E-state index contributed by atoms with van der Waals surface area (Å²) < 4.78 is 0. The van der Waals surface area contributed by atoms with Gasteiger partial charge in [0, 0.05) is 19.0 Å². The number of hydrogen-bond donors (Lipinski definition) is 1. The van der Waals surface area contributed by atoms with Crippen molar-refractivity contribution < 1.29 is 0 Å². The van der Waals surface area contributed by atoms with Gasteiger partial charge in [-0.1, -0.05) is 42.5 Å². The van der Waals surface area contributed by atoms with Gasteiger partial charge in [-0.15, -0.1) is 0 Å². The molecule has 0 bridgehead atoms. The molecule has 1 nitrogen and oxygen atoms in total. The first-order valence-electron chi connectivity index (χ1n) is 5.13. The van der Waals surface area contributed by atoms with Crippen LogP contribution in [0.2, 0.25) is 0 Å². The van der Waals surface area contributed by atoms with Crippen LogP contribution in [0.3, 0.4) is 0 Å². The highest BCUT2D eigenvalue weighted by atomic mass is 14.9. The molecule has 1 heterocycles. The second-order valence-corrected chi connectivity index (χ2v) is 3.92. The Morgan fingerprint density at radius 2 is 1.71 bits per heavy atom. The Hall–Kier alpha value is -1.34. The van der Waals surface area contributed by atoms with Gasteiger partial charge in [0.2, 0.25) is 0 Å². The molecule has 2 aromatic rings. The van der Waals surface area contributed by atoms with Crippen molar-refractivity contribution in [2.75, 3.05) is 13.1 Å². The molecule has 1 heteroatoms. The molecule has 0 spiro atoms. The summed E-state index contributed by atoms with van der Waals surface area (Å²) in [6.45, 7) is 2.27. The van der Waals surface area contributed by atoms with E-state index in [4.69, 9.17) is 0 Å². The first-order chi connectivity index (χ1) is 6.95. The SMILES string of the molecule is c1ccc2c(C3CNC3)cccc2c1. The van der Waals surface area contributed by atoms with Crippen molar-refractivity contribution in [2.24, 2.45) is 0 Å². The molecule has 0 saturated carbocycles. The molecule has 1 aliphatic heterocycles. The molecule has 2 aromatic carbocycles. The molecule has 1 N–H and O–H groups in total. The molecule has 1 saturated heterocycles. The van der Waals surface area contributed by atoms with Gasteiger partial charge in [0.15, 0.2) is 0 Å². The van der Waals surface area contributed by atoms with Crippen LogP contribution in [0, 0.1) is 0 Å². The molecular weight excluding hydrogens is 170 g/mol. The van der Waals surface area contributed by atoms with Gasteiger partial charge >= 0.3 is 0 Å². The monoisotopic (exact) mass is 183 g/mol. The zero-order chi connectivity index (χ0) is 9.38. The fraction of sp³-hybridized carbons (Fsp3) is 0.231. The van der Waals surface area contributed by atoms with Crippen LogP contribution in [-0.4, -0.2) is 13.1 Å². The van der Waals surface area contributed by atoms with Crippen molar-refractivity contribution >= 4 is 10.8 Å². The van der Waals surface area contributed by atoms with Crippen LogP contribution in [-0.2, 0) is 0 Å². The van der Waals surface area contributed by atoms with E-state index in [9.17, 15) is 0 Å². The van der Waals surface area contributed by atoms with E-state index in [1.807, 2.05) is 0 Å². The number of fused-ring (bicyclic) bond motifs is 1. The Morgan fingerprint density at radius 1 is 0.929 bits per heavy atom. The normalized spacial score (nSPS) is 16.9. The largest absolute Gasteiger partial charge is 0.315 e.